The van der Waals surface area contributed by atoms with E-state index in [1.54, 1.807) is 6.92 Å². The number of nitrogens with one attached hydrogen (secondary N) is 1. The van der Waals surface area contributed by atoms with Gasteiger partial charge < -0.3 is 10.1 Å². The van der Waals surface area contributed by atoms with Crippen molar-refractivity contribution in [1.29, 1.82) is 0 Å². The van der Waals surface area contributed by atoms with Crippen molar-refractivity contribution in [2.24, 2.45) is 0 Å². The van der Waals surface area contributed by atoms with Gasteiger partial charge in [-0.25, -0.2) is 0 Å². The van der Waals surface area contributed by atoms with E-state index in [0.717, 1.165) is 35.5 Å². The highest BCUT2D eigenvalue weighted by molar-refractivity contribution is 6.30. The highest BCUT2D eigenvalue weighted by Gasteiger charge is 2.01. The molecule has 0 fully saturated rings. The topological polar surface area (TPSA) is 38.3 Å². The number of Topliss-reactive ketones (excluding diaryl/α,β-unsaturated/α-hetero) is 1. The van der Waals surface area contributed by atoms with Crippen molar-refractivity contribution in [3.05, 3.63) is 94.5 Å². The Hall–Kier alpha value is -2.78. The molecule has 27 heavy (non-hydrogen) atoms. The Morgan fingerprint density at radius 3 is 2.48 bits per heavy atom. The number of anilines is 1. The fourth-order valence-corrected chi connectivity index (χ4v) is 2.96. The van der Waals surface area contributed by atoms with E-state index < -0.39 is 0 Å². The summed E-state index contributed by atoms with van der Waals surface area (Å²) in [5.74, 6) is 0.910. The van der Waals surface area contributed by atoms with Gasteiger partial charge in [0.05, 0.1) is 0 Å². The van der Waals surface area contributed by atoms with Gasteiger partial charge >= 0.3 is 0 Å². The molecule has 3 rings (SSSR count). The van der Waals surface area contributed by atoms with E-state index in [0.29, 0.717) is 11.6 Å². The number of carbonyl (C=O) groups excluding carboxylic acids is 1. The summed E-state index contributed by atoms with van der Waals surface area (Å²) in [6.45, 7) is 2.87. The molecule has 1 N–H and O–H groups in total. The SMILES string of the molecule is CC(=O)c1cccc(NCCc2ccc(OCc3cccc(Cl)c3)cc2)c1. The molecule has 0 aromatic heterocycles. The lowest BCUT2D eigenvalue weighted by molar-refractivity contribution is 0.101. The second-order valence-corrected chi connectivity index (χ2v) is 6.81. The van der Waals surface area contributed by atoms with Gasteiger partial charge in [0.25, 0.3) is 0 Å². The van der Waals surface area contributed by atoms with Crippen LogP contribution in [0.5, 0.6) is 5.75 Å². The first-order chi connectivity index (χ1) is 13.1. The normalized spacial score (nSPS) is 10.4. The molecule has 0 saturated carbocycles. The van der Waals surface area contributed by atoms with Crippen LogP contribution in [0.25, 0.3) is 0 Å². The molecule has 0 heterocycles. The number of ketones is 1. The lowest BCUT2D eigenvalue weighted by Crippen LogP contribution is -2.05. The van der Waals surface area contributed by atoms with Gasteiger partial charge in [-0.2, -0.15) is 0 Å². The average Bonchev–Trinajstić information content (AvgIpc) is 2.68. The van der Waals surface area contributed by atoms with Crippen LogP contribution in [0, 0.1) is 0 Å². The third-order valence-electron chi connectivity index (χ3n) is 4.23. The Kier molecular flexibility index (Phi) is 6.50. The van der Waals surface area contributed by atoms with Gasteiger partial charge in [-0.1, -0.05) is 48.0 Å². The van der Waals surface area contributed by atoms with Crippen LogP contribution >= 0.6 is 11.6 Å². The van der Waals surface area contributed by atoms with E-state index in [4.69, 9.17) is 16.3 Å². The predicted octanol–water partition coefficient (Wildman–Crippen LogP) is 5.78. The summed E-state index contributed by atoms with van der Waals surface area (Å²) < 4.78 is 5.81. The maximum Gasteiger partial charge on any atom is 0.159 e. The molecule has 0 aliphatic rings. The fraction of sp³-hybridized carbons (Fsp3) is 0.174. The van der Waals surface area contributed by atoms with Crippen molar-refractivity contribution in [2.45, 2.75) is 20.0 Å². The van der Waals surface area contributed by atoms with Gasteiger partial charge in [0, 0.05) is 22.8 Å². The Bertz CT molecular complexity index is 906. The van der Waals surface area contributed by atoms with Crippen molar-refractivity contribution in [1.82, 2.24) is 0 Å². The van der Waals surface area contributed by atoms with Crippen LogP contribution < -0.4 is 10.1 Å². The van der Waals surface area contributed by atoms with Crippen LogP contribution in [-0.2, 0) is 13.0 Å². The Morgan fingerprint density at radius 1 is 0.963 bits per heavy atom. The van der Waals surface area contributed by atoms with Crippen molar-refractivity contribution < 1.29 is 9.53 Å². The largest absolute Gasteiger partial charge is 0.489 e. The van der Waals surface area contributed by atoms with Gasteiger partial charge in [-0.15, -0.1) is 0 Å². The zero-order valence-corrected chi connectivity index (χ0v) is 16.0. The number of carbonyl (C=O) groups is 1. The van der Waals surface area contributed by atoms with Crippen molar-refractivity contribution >= 4 is 23.1 Å². The van der Waals surface area contributed by atoms with Crippen molar-refractivity contribution in [3.63, 3.8) is 0 Å². The highest BCUT2D eigenvalue weighted by atomic mass is 35.5. The lowest BCUT2D eigenvalue weighted by Gasteiger charge is -2.09. The summed E-state index contributed by atoms with van der Waals surface area (Å²) in [7, 11) is 0. The first-order valence-electron chi connectivity index (χ1n) is 8.91. The Labute approximate surface area is 164 Å². The summed E-state index contributed by atoms with van der Waals surface area (Å²) in [4.78, 5) is 11.4. The number of rotatable bonds is 8. The molecule has 4 heteroatoms. The summed E-state index contributed by atoms with van der Waals surface area (Å²) >= 11 is 5.99. The van der Waals surface area contributed by atoms with Crippen molar-refractivity contribution in [2.75, 3.05) is 11.9 Å². The molecule has 0 aliphatic heterocycles. The minimum absolute atomic E-state index is 0.0759. The van der Waals surface area contributed by atoms with E-state index in [9.17, 15) is 4.79 Å². The fourth-order valence-electron chi connectivity index (χ4n) is 2.75. The number of benzene rings is 3. The van der Waals surface area contributed by atoms with Gasteiger partial charge in [0.1, 0.15) is 12.4 Å². The molecule has 3 aromatic carbocycles. The van der Waals surface area contributed by atoms with Crippen LogP contribution in [0.15, 0.2) is 72.8 Å². The van der Waals surface area contributed by atoms with Crippen LogP contribution in [-0.4, -0.2) is 12.3 Å². The molecule has 0 unspecified atom stereocenters. The summed E-state index contributed by atoms with van der Waals surface area (Å²) in [5, 5.41) is 4.07. The zero-order chi connectivity index (χ0) is 19.1. The van der Waals surface area contributed by atoms with E-state index >= 15 is 0 Å². The monoisotopic (exact) mass is 379 g/mol. The van der Waals surface area contributed by atoms with Crippen LogP contribution in [0.4, 0.5) is 5.69 Å². The number of halogens is 1. The van der Waals surface area contributed by atoms with Crippen LogP contribution in [0.3, 0.4) is 0 Å². The van der Waals surface area contributed by atoms with Crippen LogP contribution in [0.1, 0.15) is 28.4 Å². The smallest absolute Gasteiger partial charge is 0.159 e. The summed E-state index contributed by atoms with van der Waals surface area (Å²) in [6, 6.07) is 23.4. The molecule has 3 aromatic rings. The van der Waals surface area contributed by atoms with Crippen LogP contribution in [0.2, 0.25) is 5.02 Å². The molecule has 0 aliphatic carbocycles. The van der Waals surface area contributed by atoms with E-state index in [-0.39, 0.29) is 5.78 Å². The van der Waals surface area contributed by atoms with Gasteiger partial charge in [0.15, 0.2) is 5.78 Å². The quantitative estimate of drug-likeness (QED) is 0.504. The third-order valence-corrected chi connectivity index (χ3v) is 4.46. The number of hydrogen-bond acceptors (Lipinski definition) is 3. The number of ether oxygens (including phenoxy) is 1. The predicted molar refractivity (Wildman–Crippen MR) is 111 cm³/mol. The van der Waals surface area contributed by atoms with Crippen molar-refractivity contribution in [3.8, 4) is 5.75 Å². The number of hydrogen-bond donors (Lipinski definition) is 1. The highest BCUT2D eigenvalue weighted by Crippen LogP contribution is 2.17. The minimum Gasteiger partial charge on any atom is -0.489 e. The Balaban J connectivity index is 1.47. The van der Waals surface area contributed by atoms with E-state index in [2.05, 4.69) is 17.4 Å². The van der Waals surface area contributed by atoms with Gasteiger partial charge in [-0.3, -0.25) is 4.79 Å². The maximum absolute atomic E-state index is 11.4. The molecule has 0 spiro atoms. The van der Waals surface area contributed by atoms with Gasteiger partial charge in [-0.05, 0) is 60.9 Å². The van der Waals surface area contributed by atoms with E-state index in [1.165, 1.54) is 5.56 Å². The average molecular weight is 380 g/mol. The second kappa shape index (κ2) is 9.24. The molecule has 0 amide bonds. The first kappa shape index (κ1) is 19.0. The first-order valence-corrected chi connectivity index (χ1v) is 9.29. The maximum atomic E-state index is 11.4. The minimum atomic E-state index is 0.0759. The standard InChI is InChI=1S/C23H22ClNO2/c1-17(26)20-5-3-7-22(15-20)25-13-12-18-8-10-23(11-9-18)27-16-19-4-2-6-21(24)14-19/h2-11,14-15,25H,12-13,16H2,1H3. The van der Waals surface area contributed by atoms with E-state index in [1.807, 2.05) is 60.7 Å². The molecule has 138 valence electrons. The molecule has 3 nitrogen and oxygen atoms in total. The molecule has 0 bridgehead atoms. The molecule has 0 saturated heterocycles. The Morgan fingerprint density at radius 2 is 1.74 bits per heavy atom. The molecule has 0 radical (unpaired) electrons. The zero-order valence-electron chi connectivity index (χ0n) is 15.2. The molecular weight excluding hydrogens is 358 g/mol. The summed E-state index contributed by atoms with van der Waals surface area (Å²) in [6.07, 6.45) is 0.888. The molecular formula is C23H22ClNO2. The second-order valence-electron chi connectivity index (χ2n) is 6.38. The third kappa shape index (κ3) is 5.87. The van der Waals surface area contributed by atoms with Gasteiger partial charge in [0.2, 0.25) is 0 Å². The lowest BCUT2D eigenvalue weighted by atomic mass is 10.1. The molecule has 0 atom stereocenters. The summed E-state index contributed by atoms with van der Waals surface area (Å²) in [5.41, 5.74) is 3.95.